The van der Waals surface area contributed by atoms with Gasteiger partial charge in [-0.25, -0.2) is 4.57 Å². The summed E-state index contributed by atoms with van der Waals surface area (Å²) in [6, 6.07) is 0. The molecule has 8 nitrogen and oxygen atoms in total. The Balaban J connectivity index is 3.88. The molecule has 0 saturated heterocycles. The molecule has 0 radical (unpaired) electrons. The third kappa shape index (κ3) is 39.6. The third-order valence-electron chi connectivity index (χ3n) is 9.28. The van der Waals surface area contributed by atoms with E-state index in [1.54, 1.807) is 0 Å². The zero-order valence-corrected chi connectivity index (χ0v) is 33.5. The van der Waals surface area contributed by atoms with Crippen LogP contribution in [0, 0.1) is 0 Å². The molecule has 0 aliphatic carbocycles. The number of esters is 2. The molecule has 50 heavy (non-hydrogen) atoms. The van der Waals surface area contributed by atoms with Gasteiger partial charge in [0.1, 0.15) is 6.61 Å². The van der Waals surface area contributed by atoms with Crippen LogP contribution in [0.3, 0.4) is 0 Å². The van der Waals surface area contributed by atoms with Crippen molar-refractivity contribution in [2.24, 2.45) is 0 Å². The van der Waals surface area contributed by atoms with E-state index < -0.39 is 32.5 Å². The van der Waals surface area contributed by atoms with Crippen molar-refractivity contribution in [3.63, 3.8) is 0 Å². The maximum absolute atomic E-state index is 12.4. The van der Waals surface area contributed by atoms with Crippen molar-refractivity contribution >= 4 is 19.8 Å². The van der Waals surface area contributed by atoms with E-state index in [1.807, 2.05) is 0 Å². The molecule has 2 N–H and O–H groups in total. The largest absolute Gasteiger partial charge is 0.469 e. The predicted molar refractivity (Wildman–Crippen MR) is 207 cm³/mol. The molecule has 0 saturated carbocycles. The first-order valence-electron chi connectivity index (χ1n) is 21.0. The Kier molecular flexibility index (Phi) is 36.6. The van der Waals surface area contributed by atoms with Gasteiger partial charge in [-0.3, -0.25) is 14.1 Å². The first-order valence-corrected chi connectivity index (χ1v) is 22.5. The van der Waals surface area contributed by atoms with Gasteiger partial charge in [-0.1, -0.05) is 180 Å². The lowest BCUT2D eigenvalue weighted by Crippen LogP contribution is -2.29. The zero-order chi connectivity index (χ0) is 36.8. The highest BCUT2D eigenvalue weighted by Crippen LogP contribution is 2.36. The summed E-state index contributed by atoms with van der Waals surface area (Å²) in [5.74, 6) is -0.875. The molecule has 0 unspecified atom stereocenters. The number of carbonyl (C=O) groups excluding carboxylic acids is 2. The molecule has 0 aromatic carbocycles. The van der Waals surface area contributed by atoms with E-state index in [0.29, 0.717) is 6.42 Å². The second-order valence-corrected chi connectivity index (χ2v) is 15.6. The fourth-order valence-corrected chi connectivity index (χ4v) is 6.49. The summed E-state index contributed by atoms with van der Waals surface area (Å²) in [5, 5.41) is 0. The third-order valence-corrected chi connectivity index (χ3v) is 9.77. The van der Waals surface area contributed by atoms with E-state index in [2.05, 4.69) is 30.5 Å². The first-order chi connectivity index (χ1) is 24.3. The molecule has 0 aromatic heterocycles. The van der Waals surface area contributed by atoms with E-state index in [-0.39, 0.29) is 19.4 Å². The highest BCUT2D eigenvalue weighted by Gasteiger charge is 2.22. The number of unbranched alkanes of at least 4 members (excludes halogenated alkanes) is 27. The number of hydrogen-bond acceptors (Lipinski definition) is 6. The molecule has 0 fully saturated rings. The average molecular weight is 731 g/mol. The molecule has 0 aromatic rings. The van der Waals surface area contributed by atoms with Crippen LogP contribution < -0.4 is 0 Å². The molecule has 0 heterocycles. The number of allylic oxidation sites excluding steroid dienone is 2. The van der Waals surface area contributed by atoms with Crippen molar-refractivity contribution in [1.29, 1.82) is 0 Å². The molecule has 0 rings (SSSR count). The van der Waals surface area contributed by atoms with Crippen LogP contribution in [0.15, 0.2) is 12.2 Å². The summed E-state index contributed by atoms with van der Waals surface area (Å²) in [5.41, 5.74) is 0. The standard InChI is InChI=1S/C41H79O8P/c1-3-5-7-9-11-13-15-17-19-20-22-24-26-28-30-32-34-36-41(43)49-39(38-48-50(44,45)46)37-47-40(42)35-33-31-29-27-25-23-21-18-16-14-12-10-8-6-4-2/h13,15,39H,3-12,14,16-38H2,1-2H3,(H2,44,45,46)/b15-13+/t39-/m1/s1. The summed E-state index contributed by atoms with van der Waals surface area (Å²) < 4.78 is 26.4. The van der Waals surface area contributed by atoms with E-state index >= 15 is 0 Å². The minimum atomic E-state index is -4.75. The number of carbonyl (C=O) groups is 2. The average Bonchev–Trinajstić information content (AvgIpc) is 3.08. The van der Waals surface area contributed by atoms with Gasteiger partial charge >= 0.3 is 19.8 Å². The van der Waals surface area contributed by atoms with Gasteiger partial charge in [-0.15, -0.1) is 0 Å². The first kappa shape index (κ1) is 48.8. The highest BCUT2D eigenvalue weighted by atomic mass is 31.2. The van der Waals surface area contributed by atoms with Crippen LogP contribution in [-0.2, 0) is 28.2 Å². The fourth-order valence-electron chi connectivity index (χ4n) is 6.13. The molecule has 0 amide bonds. The fraction of sp³-hybridized carbons (Fsp3) is 0.902. The Hall–Kier alpha value is -1.21. The number of phosphoric ester groups is 1. The minimum Gasteiger partial charge on any atom is -0.462 e. The van der Waals surface area contributed by atoms with Crippen LogP contribution in [0.4, 0.5) is 0 Å². The smallest absolute Gasteiger partial charge is 0.462 e. The van der Waals surface area contributed by atoms with Gasteiger partial charge in [-0.2, -0.15) is 0 Å². The van der Waals surface area contributed by atoms with E-state index in [0.717, 1.165) is 38.5 Å². The summed E-state index contributed by atoms with van der Waals surface area (Å²) in [7, 11) is -4.75. The molecule has 296 valence electrons. The van der Waals surface area contributed by atoms with Crippen molar-refractivity contribution in [2.45, 2.75) is 225 Å². The van der Waals surface area contributed by atoms with Crippen molar-refractivity contribution in [3.8, 4) is 0 Å². The van der Waals surface area contributed by atoms with Gasteiger partial charge in [0, 0.05) is 12.8 Å². The van der Waals surface area contributed by atoms with Crippen molar-refractivity contribution in [3.05, 3.63) is 12.2 Å². The monoisotopic (exact) mass is 731 g/mol. The van der Waals surface area contributed by atoms with Gasteiger partial charge in [-0.05, 0) is 38.5 Å². The molecular weight excluding hydrogens is 651 g/mol. The van der Waals surface area contributed by atoms with E-state index in [9.17, 15) is 14.2 Å². The Morgan fingerprint density at radius 2 is 0.840 bits per heavy atom. The summed E-state index contributed by atoms with van der Waals surface area (Å²) >= 11 is 0. The van der Waals surface area contributed by atoms with Gasteiger partial charge in [0.05, 0.1) is 6.61 Å². The second-order valence-electron chi connectivity index (χ2n) is 14.3. The Morgan fingerprint density at radius 1 is 0.500 bits per heavy atom. The lowest BCUT2D eigenvalue weighted by molar-refractivity contribution is -0.161. The molecule has 1 atom stereocenters. The second kappa shape index (κ2) is 37.5. The summed E-state index contributed by atoms with van der Waals surface area (Å²) in [6.07, 6.45) is 40.7. The van der Waals surface area contributed by atoms with Crippen LogP contribution in [0.2, 0.25) is 0 Å². The highest BCUT2D eigenvalue weighted by molar-refractivity contribution is 7.46. The van der Waals surface area contributed by atoms with E-state index in [4.69, 9.17) is 19.3 Å². The topological polar surface area (TPSA) is 119 Å². The number of phosphoric acid groups is 1. The van der Waals surface area contributed by atoms with Crippen LogP contribution in [0.5, 0.6) is 0 Å². The quantitative estimate of drug-likeness (QED) is 0.0278. The molecule has 0 spiro atoms. The van der Waals surface area contributed by atoms with Crippen LogP contribution in [-0.4, -0.2) is 41.0 Å². The zero-order valence-electron chi connectivity index (χ0n) is 32.6. The number of rotatable bonds is 39. The minimum absolute atomic E-state index is 0.214. The Labute approximate surface area is 307 Å². The van der Waals surface area contributed by atoms with E-state index in [1.165, 1.54) is 148 Å². The molecule has 0 aliphatic heterocycles. The maximum atomic E-state index is 12.4. The van der Waals surface area contributed by atoms with Crippen LogP contribution in [0.1, 0.15) is 219 Å². The lowest BCUT2D eigenvalue weighted by atomic mass is 10.0. The molecule has 9 heteroatoms. The molecule has 0 bridgehead atoms. The Morgan fingerprint density at radius 3 is 1.24 bits per heavy atom. The lowest BCUT2D eigenvalue weighted by Gasteiger charge is -2.18. The summed E-state index contributed by atoms with van der Waals surface area (Å²) in [4.78, 5) is 42.8. The Bertz CT molecular complexity index is 827. The van der Waals surface area contributed by atoms with Crippen molar-refractivity contribution < 1.29 is 37.9 Å². The van der Waals surface area contributed by atoms with Crippen molar-refractivity contribution in [2.75, 3.05) is 13.2 Å². The van der Waals surface area contributed by atoms with Crippen LogP contribution in [0.25, 0.3) is 0 Å². The molecule has 0 aliphatic rings. The SMILES string of the molecule is CCCCCC/C=C/CCCCCCCCCCCC(=O)O[C@H](COC(=O)CCCCCCCCCCCCCCCCC)COP(=O)(O)O. The normalized spacial score (nSPS) is 12.5. The number of hydrogen-bond donors (Lipinski definition) is 2. The van der Waals surface area contributed by atoms with Gasteiger partial charge < -0.3 is 19.3 Å². The van der Waals surface area contributed by atoms with Gasteiger partial charge in [0.2, 0.25) is 0 Å². The van der Waals surface area contributed by atoms with Gasteiger partial charge in [0.25, 0.3) is 0 Å². The van der Waals surface area contributed by atoms with Crippen molar-refractivity contribution in [1.82, 2.24) is 0 Å². The predicted octanol–water partition coefficient (Wildman–Crippen LogP) is 12.6. The van der Waals surface area contributed by atoms with Gasteiger partial charge in [0.15, 0.2) is 6.10 Å². The molecular formula is C41H79O8P. The maximum Gasteiger partial charge on any atom is 0.469 e. The summed E-state index contributed by atoms with van der Waals surface area (Å²) in [6.45, 7) is 3.69. The van der Waals surface area contributed by atoms with Crippen LogP contribution >= 0.6 is 7.82 Å². The number of ether oxygens (including phenoxy) is 2.